The number of hydrogen-bond acceptors (Lipinski definition) is 4. The Bertz CT molecular complexity index is 1100. The topological polar surface area (TPSA) is 64.7 Å². The number of fused-ring (bicyclic) bond motifs is 1. The third-order valence-electron chi connectivity index (χ3n) is 6.05. The van der Waals surface area contributed by atoms with E-state index in [2.05, 4.69) is 62.9 Å². The zero-order valence-electron chi connectivity index (χ0n) is 19.1. The van der Waals surface area contributed by atoms with E-state index >= 15 is 0 Å². The highest BCUT2D eigenvalue weighted by atomic mass is 16.2. The third-order valence-corrected chi connectivity index (χ3v) is 6.05. The van der Waals surface area contributed by atoms with Gasteiger partial charge in [0, 0.05) is 45.1 Å². The van der Waals surface area contributed by atoms with Crippen LogP contribution in [0.1, 0.15) is 22.7 Å². The fourth-order valence-electron chi connectivity index (χ4n) is 4.22. The minimum atomic E-state index is -0.623. The van der Waals surface area contributed by atoms with Crippen molar-refractivity contribution in [3.63, 3.8) is 0 Å². The molecule has 6 heteroatoms. The first-order valence-electron chi connectivity index (χ1n) is 11.2. The van der Waals surface area contributed by atoms with Crippen LogP contribution >= 0.6 is 0 Å². The Labute approximate surface area is 195 Å². The fraction of sp³-hybridized carbons (Fsp3) is 0.259. The summed E-state index contributed by atoms with van der Waals surface area (Å²) in [6.07, 6.45) is 0.966. The molecule has 1 atom stereocenters. The van der Waals surface area contributed by atoms with Crippen LogP contribution in [0.2, 0.25) is 0 Å². The van der Waals surface area contributed by atoms with E-state index in [0.717, 1.165) is 29.8 Å². The maximum absolute atomic E-state index is 12.6. The normalized spacial score (nSPS) is 13.2. The monoisotopic (exact) mass is 442 g/mol. The Morgan fingerprint density at radius 2 is 1.55 bits per heavy atom. The van der Waals surface area contributed by atoms with Gasteiger partial charge in [0.2, 0.25) is 0 Å². The lowest BCUT2D eigenvalue weighted by Crippen LogP contribution is -2.43. The van der Waals surface area contributed by atoms with Crippen molar-refractivity contribution in [1.29, 1.82) is 0 Å². The molecule has 6 nitrogen and oxygen atoms in total. The molecule has 0 spiro atoms. The van der Waals surface area contributed by atoms with Crippen LogP contribution in [0.4, 0.5) is 11.4 Å². The second kappa shape index (κ2) is 10.2. The van der Waals surface area contributed by atoms with Crippen molar-refractivity contribution < 1.29 is 9.59 Å². The molecule has 3 aromatic rings. The standard InChI is InChI=1S/C27H30N4O2/c1-30(2)23-14-12-22(13-15-23)25(31-17-16-21-10-6-7-11-24(21)31)19-29-27(33)26(32)28-18-20-8-4-3-5-9-20/h3-15,25H,16-19H2,1-2H3,(H,28,32)(H,29,33)/t25-/m0/s1. The summed E-state index contributed by atoms with van der Waals surface area (Å²) in [6.45, 7) is 1.53. The highest BCUT2D eigenvalue weighted by molar-refractivity contribution is 6.35. The van der Waals surface area contributed by atoms with Crippen molar-refractivity contribution in [2.24, 2.45) is 0 Å². The summed E-state index contributed by atoms with van der Waals surface area (Å²) in [6, 6.07) is 26.2. The molecule has 0 saturated carbocycles. The van der Waals surface area contributed by atoms with Gasteiger partial charge in [-0.1, -0.05) is 60.7 Å². The smallest absolute Gasteiger partial charge is 0.309 e. The van der Waals surface area contributed by atoms with E-state index in [1.807, 2.05) is 50.5 Å². The minimum absolute atomic E-state index is 0.0734. The van der Waals surface area contributed by atoms with Crippen molar-refractivity contribution >= 4 is 23.2 Å². The first-order valence-corrected chi connectivity index (χ1v) is 11.2. The summed E-state index contributed by atoms with van der Waals surface area (Å²) in [5, 5.41) is 5.56. The Morgan fingerprint density at radius 1 is 0.879 bits per heavy atom. The second-order valence-electron chi connectivity index (χ2n) is 8.45. The van der Waals surface area contributed by atoms with Crippen LogP contribution in [-0.2, 0) is 22.6 Å². The molecule has 0 fully saturated rings. The van der Waals surface area contributed by atoms with E-state index in [1.54, 1.807) is 0 Å². The lowest BCUT2D eigenvalue weighted by atomic mass is 10.0. The van der Waals surface area contributed by atoms with Crippen molar-refractivity contribution in [2.75, 3.05) is 37.0 Å². The molecule has 170 valence electrons. The number of benzene rings is 3. The van der Waals surface area contributed by atoms with Gasteiger partial charge in [0.05, 0.1) is 6.04 Å². The number of carbonyl (C=O) groups is 2. The van der Waals surface area contributed by atoms with Crippen LogP contribution in [0.15, 0.2) is 78.9 Å². The van der Waals surface area contributed by atoms with E-state index in [9.17, 15) is 9.59 Å². The average Bonchev–Trinajstić information content (AvgIpc) is 3.27. The van der Waals surface area contributed by atoms with Crippen LogP contribution in [-0.4, -0.2) is 39.0 Å². The average molecular weight is 443 g/mol. The maximum Gasteiger partial charge on any atom is 0.309 e. The van der Waals surface area contributed by atoms with Gasteiger partial charge >= 0.3 is 11.8 Å². The van der Waals surface area contributed by atoms with E-state index in [0.29, 0.717) is 13.1 Å². The van der Waals surface area contributed by atoms with Gasteiger partial charge in [-0.3, -0.25) is 9.59 Å². The first-order chi connectivity index (χ1) is 16.0. The predicted octanol–water partition coefficient (Wildman–Crippen LogP) is 3.29. The molecule has 2 N–H and O–H groups in total. The molecule has 0 saturated heterocycles. The molecule has 4 rings (SSSR count). The number of nitrogens with one attached hydrogen (secondary N) is 2. The van der Waals surface area contributed by atoms with E-state index in [-0.39, 0.29) is 6.04 Å². The van der Waals surface area contributed by atoms with Gasteiger partial charge in [0.15, 0.2) is 0 Å². The number of anilines is 2. The Kier molecular flexibility index (Phi) is 6.93. The van der Waals surface area contributed by atoms with Gasteiger partial charge in [0.25, 0.3) is 0 Å². The minimum Gasteiger partial charge on any atom is -0.378 e. The van der Waals surface area contributed by atoms with Crippen LogP contribution < -0.4 is 20.4 Å². The molecule has 33 heavy (non-hydrogen) atoms. The molecule has 1 heterocycles. The lowest BCUT2D eigenvalue weighted by molar-refractivity contribution is -0.139. The van der Waals surface area contributed by atoms with Crippen molar-refractivity contribution in [2.45, 2.75) is 19.0 Å². The molecule has 1 aliphatic heterocycles. The summed E-state index contributed by atoms with van der Waals surface area (Å²) in [5.74, 6) is -1.24. The number of carbonyl (C=O) groups excluding carboxylic acids is 2. The van der Waals surface area contributed by atoms with Crippen molar-refractivity contribution in [3.8, 4) is 0 Å². The molecule has 0 unspecified atom stereocenters. The summed E-state index contributed by atoms with van der Waals surface area (Å²) >= 11 is 0. The number of amides is 2. The third kappa shape index (κ3) is 5.34. The number of hydrogen-bond donors (Lipinski definition) is 2. The van der Waals surface area contributed by atoms with Gasteiger partial charge < -0.3 is 20.4 Å². The largest absolute Gasteiger partial charge is 0.378 e. The molecule has 0 aromatic heterocycles. The molecule has 2 amide bonds. The zero-order valence-corrected chi connectivity index (χ0v) is 19.1. The molecular formula is C27H30N4O2. The Morgan fingerprint density at radius 3 is 2.27 bits per heavy atom. The quantitative estimate of drug-likeness (QED) is 0.551. The van der Waals surface area contributed by atoms with Crippen LogP contribution in [0, 0.1) is 0 Å². The number of rotatable bonds is 7. The molecular weight excluding hydrogens is 412 g/mol. The molecule has 0 aliphatic carbocycles. The molecule has 0 radical (unpaired) electrons. The highest BCUT2D eigenvalue weighted by Crippen LogP contribution is 2.35. The molecule has 3 aromatic carbocycles. The lowest BCUT2D eigenvalue weighted by Gasteiger charge is -2.31. The molecule has 0 bridgehead atoms. The fourth-order valence-corrected chi connectivity index (χ4v) is 4.22. The highest BCUT2D eigenvalue weighted by Gasteiger charge is 2.28. The second-order valence-corrected chi connectivity index (χ2v) is 8.45. The maximum atomic E-state index is 12.6. The van der Waals surface area contributed by atoms with E-state index in [1.165, 1.54) is 11.3 Å². The molecule has 1 aliphatic rings. The van der Waals surface area contributed by atoms with Crippen LogP contribution in [0.5, 0.6) is 0 Å². The van der Waals surface area contributed by atoms with Gasteiger partial charge in [-0.15, -0.1) is 0 Å². The number of para-hydroxylation sites is 1. The summed E-state index contributed by atoms with van der Waals surface area (Å²) in [7, 11) is 4.02. The van der Waals surface area contributed by atoms with Gasteiger partial charge in [0.1, 0.15) is 0 Å². The van der Waals surface area contributed by atoms with E-state index < -0.39 is 11.8 Å². The Hall–Kier alpha value is -3.80. The zero-order chi connectivity index (χ0) is 23.2. The summed E-state index contributed by atoms with van der Waals surface area (Å²) < 4.78 is 0. The Balaban J connectivity index is 1.47. The van der Waals surface area contributed by atoms with Gasteiger partial charge in [-0.2, -0.15) is 0 Å². The summed E-state index contributed by atoms with van der Waals surface area (Å²) in [4.78, 5) is 29.3. The number of nitrogens with zero attached hydrogens (tertiary/aromatic N) is 2. The van der Waals surface area contributed by atoms with E-state index in [4.69, 9.17) is 0 Å². The first kappa shape index (κ1) is 22.4. The predicted molar refractivity (Wildman–Crippen MR) is 132 cm³/mol. The van der Waals surface area contributed by atoms with Crippen molar-refractivity contribution in [1.82, 2.24) is 10.6 Å². The van der Waals surface area contributed by atoms with Crippen LogP contribution in [0.3, 0.4) is 0 Å². The van der Waals surface area contributed by atoms with Crippen LogP contribution in [0.25, 0.3) is 0 Å². The van der Waals surface area contributed by atoms with Gasteiger partial charge in [-0.05, 0) is 41.3 Å². The van der Waals surface area contributed by atoms with Crippen molar-refractivity contribution in [3.05, 3.63) is 95.6 Å². The SMILES string of the molecule is CN(C)c1ccc([C@H](CNC(=O)C(=O)NCc2ccccc2)N2CCc3ccccc32)cc1. The van der Waals surface area contributed by atoms with Gasteiger partial charge in [-0.25, -0.2) is 0 Å². The summed E-state index contributed by atoms with van der Waals surface area (Å²) in [5.41, 5.74) is 5.65.